The molecule has 2 heterocycles. The molecule has 2 aliphatic heterocycles. The van der Waals surface area contributed by atoms with Crippen molar-refractivity contribution in [3.63, 3.8) is 0 Å². The van der Waals surface area contributed by atoms with Crippen molar-refractivity contribution in [3.8, 4) is 0 Å². The molecule has 0 radical (unpaired) electrons. The highest BCUT2D eigenvalue weighted by Gasteiger charge is 2.35. The molecule has 0 aromatic heterocycles. The molecule has 2 rings (SSSR count). The van der Waals surface area contributed by atoms with Crippen molar-refractivity contribution in [1.29, 1.82) is 0 Å². The summed E-state index contributed by atoms with van der Waals surface area (Å²) in [6, 6.07) is 0.752. The Morgan fingerprint density at radius 3 is 2.39 bits per heavy atom. The Morgan fingerprint density at radius 2 is 1.89 bits per heavy atom. The molecule has 2 saturated heterocycles. The molecule has 1 amide bonds. The Bertz CT molecular complexity index is 285. The lowest BCUT2D eigenvalue weighted by Crippen LogP contribution is -2.46. The van der Waals surface area contributed by atoms with Gasteiger partial charge in [0.15, 0.2) is 0 Å². The summed E-state index contributed by atoms with van der Waals surface area (Å²) in [6.45, 7) is 8.63. The van der Waals surface area contributed by atoms with Crippen molar-refractivity contribution in [2.75, 3.05) is 33.2 Å². The first-order valence-corrected chi connectivity index (χ1v) is 7.30. The molecule has 4 nitrogen and oxygen atoms in total. The zero-order valence-electron chi connectivity index (χ0n) is 12.0. The maximum atomic E-state index is 12.0. The van der Waals surface area contributed by atoms with Gasteiger partial charge in [0.1, 0.15) is 0 Å². The van der Waals surface area contributed by atoms with E-state index in [1.807, 2.05) is 11.9 Å². The first-order chi connectivity index (χ1) is 8.58. The fraction of sp³-hybridized carbons (Fsp3) is 0.929. The summed E-state index contributed by atoms with van der Waals surface area (Å²) in [4.78, 5) is 16.2. The predicted molar refractivity (Wildman–Crippen MR) is 73.5 cm³/mol. The van der Waals surface area contributed by atoms with Crippen LogP contribution in [0.4, 0.5) is 0 Å². The lowest BCUT2D eigenvalue weighted by atomic mass is 9.95. The second-order valence-corrected chi connectivity index (χ2v) is 6.11. The Labute approximate surface area is 111 Å². The standard InChI is InChI=1S/C14H27N3O/c1-11(2)15-10-12-4-8-17(9-5-12)13-6-7-16(3)14(13)18/h11-13,15H,4-10H2,1-3H3. The van der Waals surface area contributed by atoms with Crippen molar-refractivity contribution in [1.82, 2.24) is 15.1 Å². The summed E-state index contributed by atoms with van der Waals surface area (Å²) in [7, 11) is 1.92. The maximum Gasteiger partial charge on any atom is 0.239 e. The van der Waals surface area contributed by atoms with Crippen molar-refractivity contribution >= 4 is 5.91 Å². The van der Waals surface area contributed by atoms with Crippen LogP contribution in [-0.4, -0.2) is 61.0 Å². The van der Waals surface area contributed by atoms with Gasteiger partial charge in [0, 0.05) is 19.6 Å². The van der Waals surface area contributed by atoms with E-state index in [9.17, 15) is 4.79 Å². The molecule has 18 heavy (non-hydrogen) atoms. The normalized spacial score (nSPS) is 27.4. The van der Waals surface area contributed by atoms with Crippen LogP contribution in [-0.2, 0) is 4.79 Å². The maximum absolute atomic E-state index is 12.0. The average Bonchev–Trinajstić information content (AvgIpc) is 2.68. The molecule has 104 valence electrons. The van der Waals surface area contributed by atoms with E-state index in [1.54, 1.807) is 0 Å². The van der Waals surface area contributed by atoms with Crippen LogP contribution in [0.25, 0.3) is 0 Å². The molecule has 0 aromatic rings. The van der Waals surface area contributed by atoms with E-state index < -0.39 is 0 Å². The summed E-state index contributed by atoms with van der Waals surface area (Å²) >= 11 is 0. The monoisotopic (exact) mass is 253 g/mol. The van der Waals surface area contributed by atoms with Crippen LogP contribution >= 0.6 is 0 Å². The van der Waals surface area contributed by atoms with Gasteiger partial charge in [0.25, 0.3) is 0 Å². The molecule has 0 saturated carbocycles. The van der Waals surface area contributed by atoms with Gasteiger partial charge in [-0.25, -0.2) is 0 Å². The minimum atomic E-state index is 0.175. The summed E-state index contributed by atoms with van der Waals surface area (Å²) < 4.78 is 0. The summed E-state index contributed by atoms with van der Waals surface area (Å²) in [5.74, 6) is 1.12. The molecule has 4 heteroatoms. The number of rotatable bonds is 4. The molecule has 2 fully saturated rings. The molecule has 1 N–H and O–H groups in total. The van der Waals surface area contributed by atoms with Crippen LogP contribution in [0, 0.1) is 5.92 Å². The minimum Gasteiger partial charge on any atom is -0.344 e. The summed E-state index contributed by atoms with van der Waals surface area (Å²) in [6.07, 6.45) is 3.48. The van der Waals surface area contributed by atoms with Crippen LogP contribution in [0.15, 0.2) is 0 Å². The van der Waals surface area contributed by atoms with Crippen molar-refractivity contribution in [3.05, 3.63) is 0 Å². The smallest absolute Gasteiger partial charge is 0.239 e. The minimum absolute atomic E-state index is 0.175. The van der Waals surface area contributed by atoms with E-state index >= 15 is 0 Å². The predicted octanol–water partition coefficient (Wildman–Crippen LogP) is 0.927. The molecule has 0 aliphatic carbocycles. The zero-order chi connectivity index (χ0) is 13.1. The molecule has 1 unspecified atom stereocenters. The second-order valence-electron chi connectivity index (χ2n) is 6.11. The largest absolute Gasteiger partial charge is 0.344 e. The van der Waals surface area contributed by atoms with E-state index in [2.05, 4.69) is 24.1 Å². The summed E-state index contributed by atoms with van der Waals surface area (Å²) in [5, 5.41) is 3.52. The fourth-order valence-electron chi connectivity index (χ4n) is 3.01. The third-order valence-electron chi connectivity index (χ3n) is 4.30. The van der Waals surface area contributed by atoms with Crippen molar-refractivity contribution in [2.45, 2.75) is 45.2 Å². The number of amides is 1. The Morgan fingerprint density at radius 1 is 1.22 bits per heavy atom. The number of likely N-dealkylation sites (N-methyl/N-ethyl adjacent to an activating group) is 1. The Hall–Kier alpha value is -0.610. The quantitative estimate of drug-likeness (QED) is 0.809. The molecule has 1 atom stereocenters. The number of nitrogens with one attached hydrogen (secondary N) is 1. The van der Waals surface area contributed by atoms with E-state index in [0.29, 0.717) is 11.9 Å². The number of hydrogen-bond donors (Lipinski definition) is 1. The number of carbonyl (C=O) groups excluding carboxylic acids is 1. The van der Waals surface area contributed by atoms with Gasteiger partial charge in [-0.15, -0.1) is 0 Å². The van der Waals surface area contributed by atoms with Crippen LogP contribution in [0.3, 0.4) is 0 Å². The van der Waals surface area contributed by atoms with Gasteiger partial charge in [-0.3, -0.25) is 9.69 Å². The van der Waals surface area contributed by atoms with Crippen molar-refractivity contribution < 1.29 is 4.79 Å². The van der Waals surface area contributed by atoms with Crippen LogP contribution in [0.5, 0.6) is 0 Å². The first-order valence-electron chi connectivity index (χ1n) is 7.30. The molecule has 0 bridgehead atoms. The highest BCUT2D eigenvalue weighted by molar-refractivity contribution is 5.83. The summed E-state index contributed by atoms with van der Waals surface area (Å²) in [5.41, 5.74) is 0. The molecular formula is C14H27N3O. The lowest BCUT2D eigenvalue weighted by Gasteiger charge is -2.35. The second kappa shape index (κ2) is 6.02. The van der Waals surface area contributed by atoms with Crippen molar-refractivity contribution in [2.24, 2.45) is 5.92 Å². The molecule has 0 spiro atoms. The van der Waals surface area contributed by atoms with Gasteiger partial charge in [0.2, 0.25) is 5.91 Å². The van der Waals surface area contributed by atoms with Crippen LogP contribution < -0.4 is 5.32 Å². The number of carbonyl (C=O) groups is 1. The van der Waals surface area contributed by atoms with E-state index in [1.165, 1.54) is 12.8 Å². The van der Waals surface area contributed by atoms with Gasteiger partial charge >= 0.3 is 0 Å². The third kappa shape index (κ3) is 3.23. The molecule has 2 aliphatic rings. The van der Waals surface area contributed by atoms with E-state index in [4.69, 9.17) is 0 Å². The van der Waals surface area contributed by atoms with Gasteiger partial charge in [-0.2, -0.15) is 0 Å². The van der Waals surface area contributed by atoms with Gasteiger partial charge in [-0.1, -0.05) is 13.8 Å². The molecular weight excluding hydrogens is 226 g/mol. The number of likely N-dealkylation sites (tertiary alicyclic amines) is 2. The van der Waals surface area contributed by atoms with Gasteiger partial charge < -0.3 is 10.2 Å². The fourth-order valence-corrected chi connectivity index (χ4v) is 3.01. The topological polar surface area (TPSA) is 35.6 Å². The van der Waals surface area contributed by atoms with Crippen LogP contribution in [0.2, 0.25) is 0 Å². The number of hydrogen-bond acceptors (Lipinski definition) is 3. The number of piperidine rings is 1. The highest BCUT2D eigenvalue weighted by atomic mass is 16.2. The van der Waals surface area contributed by atoms with Gasteiger partial charge in [0.05, 0.1) is 6.04 Å². The van der Waals surface area contributed by atoms with Crippen LogP contribution in [0.1, 0.15) is 33.1 Å². The SMILES string of the molecule is CC(C)NCC1CCN(C2CCN(C)C2=O)CC1. The number of nitrogens with zero attached hydrogens (tertiary/aromatic N) is 2. The Kier molecular flexibility index (Phi) is 4.62. The van der Waals surface area contributed by atoms with E-state index in [-0.39, 0.29) is 6.04 Å². The lowest BCUT2D eigenvalue weighted by molar-refractivity contribution is -0.131. The Balaban J connectivity index is 1.75. The third-order valence-corrected chi connectivity index (χ3v) is 4.30. The average molecular weight is 253 g/mol. The van der Waals surface area contributed by atoms with Gasteiger partial charge in [-0.05, 0) is 44.8 Å². The first kappa shape index (κ1) is 13.8. The zero-order valence-corrected chi connectivity index (χ0v) is 12.0. The molecule has 0 aromatic carbocycles. The van der Waals surface area contributed by atoms with E-state index in [0.717, 1.165) is 38.5 Å². The highest BCUT2D eigenvalue weighted by Crippen LogP contribution is 2.23.